The molecule has 1 fully saturated rings. The number of hydrogen-bond acceptors (Lipinski definition) is 7. The van der Waals surface area contributed by atoms with Gasteiger partial charge in [-0.15, -0.1) is 11.3 Å². The van der Waals surface area contributed by atoms with Crippen molar-refractivity contribution in [1.82, 2.24) is 19.8 Å². The predicted molar refractivity (Wildman–Crippen MR) is 136 cm³/mol. The van der Waals surface area contributed by atoms with Crippen LogP contribution in [0.25, 0.3) is 11.3 Å². The first-order valence-corrected chi connectivity index (χ1v) is 11.9. The molecule has 0 saturated carbocycles. The molecule has 2 aromatic heterocycles. The molecule has 0 unspecified atom stereocenters. The normalized spacial score (nSPS) is 14.0. The van der Waals surface area contributed by atoms with Crippen molar-refractivity contribution in [2.24, 2.45) is 0 Å². The lowest BCUT2D eigenvalue weighted by molar-refractivity contribution is -0.130. The number of anilines is 3. The van der Waals surface area contributed by atoms with Gasteiger partial charge in [-0.2, -0.15) is 0 Å². The number of carbonyl (C=O) groups excluding carboxylic acids is 2. The molecular formula is C25H28N6O2S. The lowest BCUT2D eigenvalue weighted by Crippen LogP contribution is -2.47. The van der Waals surface area contributed by atoms with Crippen LogP contribution >= 0.6 is 11.3 Å². The van der Waals surface area contributed by atoms with Crippen molar-refractivity contribution in [2.75, 3.05) is 36.8 Å². The van der Waals surface area contributed by atoms with Gasteiger partial charge in [0.25, 0.3) is 0 Å². The van der Waals surface area contributed by atoms with E-state index in [4.69, 9.17) is 4.98 Å². The second-order valence-corrected chi connectivity index (χ2v) is 9.44. The minimum absolute atomic E-state index is 0.125. The number of rotatable bonds is 7. The van der Waals surface area contributed by atoms with Crippen LogP contribution in [-0.4, -0.2) is 57.8 Å². The van der Waals surface area contributed by atoms with Gasteiger partial charge in [0, 0.05) is 62.0 Å². The van der Waals surface area contributed by atoms with Crippen molar-refractivity contribution < 1.29 is 9.59 Å². The van der Waals surface area contributed by atoms with Crippen molar-refractivity contribution >= 4 is 39.8 Å². The molecule has 2 amide bonds. The molecule has 0 atom stereocenters. The molecule has 3 heterocycles. The minimum atomic E-state index is -0.259. The summed E-state index contributed by atoms with van der Waals surface area (Å²) in [6.45, 7) is 11.0. The summed E-state index contributed by atoms with van der Waals surface area (Å²) in [5.74, 6) is 0.578. The van der Waals surface area contributed by atoms with Gasteiger partial charge in [0.1, 0.15) is 5.82 Å². The molecule has 0 spiro atoms. The molecule has 0 radical (unpaired) electrons. The Morgan fingerprint density at radius 2 is 1.97 bits per heavy atom. The van der Waals surface area contributed by atoms with Crippen LogP contribution in [0.1, 0.15) is 17.4 Å². The molecule has 2 N–H and O–H groups in total. The fourth-order valence-corrected chi connectivity index (χ4v) is 4.51. The number of benzene rings is 1. The fourth-order valence-electron chi connectivity index (χ4n) is 3.84. The number of nitrogens with one attached hydrogen (secondary N) is 2. The van der Waals surface area contributed by atoms with E-state index in [0.29, 0.717) is 11.5 Å². The Balaban J connectivity index is 1.61. The van der Waals surface area contributed by atoms with Gasteiger partial charge in [-0.3, -0.25) is 14.5 Å². The number of aryl methyl sites for hydroxylation is 1. The maximum Gasteiger partial charge on any atom is 0.247 e. The standard InChI is InChI=1S/C25H28N6O2S/c1-4-24(33)27-21-7-5-6-20(14-21)22-12-19(16-30-8-10-31(11-9-30)18(3)32)13-23(28-22)29-25-26-15-17(2)34-25/h4-7,12-15H,1,8-11,16H2,2-3H3,(H,27,33)(H,26,28,29). The fraction of sp³-hybridized carbons (Fsp3) is 0.280. The Morgan fingerprint density at radius 1 is 1.18 bits per heavy atom. The van der Waals surface area contributed by atoms with Crippen LogP contribution in [0.15, 0.2) is 55.3 Å². The third-order valence-electron chi connectivity index (χ3n) is 5.58. The van der Waals surface area contributed by atoms with Crippen molar-refractivity contribution in [3.63, 3.8) is 0 Å². The third kappa shape index (κ3) is 6.06. The number of hydrogen-bond donors (Lipinski definition) is 2. The molecule has 1 saturated heterocycles. The highest BCUT2D eigenvalue weighted by atomic mass is 32.1. The largest absolute Gasteiger partial charge is 0.340 e. The zero-order chi connectivity index (χ0) is 24.1. The maximum atomic E-state index is 11.7. The second kappa shape index (κ2) is 10.6. The summed E-state index contributed by atoms with van der Waals surface area (Å²) in [6.07, 6.45) is 3.08. The zero-order valence-electron chi connectivity index (χ0n) is 19.4. The highest BCUT2D eigenvalue weighted by Crippen LogP contribution is 2.27. The van der Waals surface area contributed by atoms with Gasteiger partial charge in [-0.05, 0) is 42.8 Å². The molecule has 8 nitrogen and oxygen atoms in total. The van der Waals surface area contributed by atoms with E-state index in [1.54, 1.807) is 18.3 Å². The molecule has 1 aliphatic rings. The molecule has 1 aliphatic heterocycles. The highest BCUT2D eigenvalue weighted by molar-refractivity contribution is 7.15. The summed E-state index contributed by atoms with van der Waals surface area (Å²) >= 11 is 1.57. The van der Waals surface area contributed by atoms with Gasteiger partial charge in [0.15, 0.2) is 5.13 Å². The predicted octanol–water partition coefficient (Wildman–Crippen LogP) is 4.05. The molecule has 3 aromatic rings. The number of pyridine rings is 1. The van der Waals surface area contributed by atoms with Crippen LogP contribution in [0.2, 0.25) is 0 Å². The monoisotopic (exact) mass is 476 g/mol. The molecule has 176 valence electrons. The molecule has 4 rings (SSSR count). The first kappa shape index (κ1) is 23.6. The molecule has 34 heavy (non-hydrogen) atoms. The van der Waals surface area contributed by atoms with Gasteiger partial charge in [0.05, 0.1) is 5.69 Å². The number of piperazine rings is 1. The summed E-state index contributed by atoms with van der Waals surface area (Å²) in [7, 11) is 0. The molecule has 0 bridgehead atoms. The van der Waals surface area contributed by atoms with Crippen LogP contribution < -0.4 is 10.6 Å². The van der Waals surface area contributed by atoms with E-state index in [1.165, 1.54) is 6.08 Å². The van der Waals surface area contributed by atoms with Crippen LogP contribution in [-0.2, 0) is 16.1 Å². The van der Waals surface area contributed by atoms with Gasteiger partial charge in [-0.1, -0.05) is 18.7 Å². The minimum Gasteiger partial charge on any atom is -0.340 e. The van der Waals surface area contributed by atoms with E-state index in [9.17, 15) is 9.59 Å². The van der Waals surface area contributed by atoms with Crippen LogP contribution in [0, 0.1) is 6.92 Å². The second-order valence-electron chi connectivity index (χ2n) is 8.20. The topological polar surface area (TPSA) is 90.5 Å². The third-order valence-corrected chi connectivity index (χ3v) is 6.40. The quantitative estimate of drug-likeness (QED) is 0.500. The molecule has 0 aliphatic carbocycles. The average Bonchev–Trinajstić information content (AvgIpc) is 3.23. The first-order valence-electron chi connectivity index (χ1n) is 11.1. The van der Waals surface area contributed by atoms with Crippen LogP contribution in [0.4, 0.5) is 16.6 Å². The Labute approximate surface area is 203 Å². The lowest BCUT2D eigenvalue weighted by Gasteiger charge is -2.34. The Kier molecular flexibility index (Phi) is 7.34. The van der Waals surface area contributed by atoms with E-state index in [-0.39, 0.29) is 11.8 Å². The van der Waals surface area contributed by atoms with Crippen molar-refractivity contribution in [1.29, 1.82) is 0 Å². The Hall–Kier alpha value is -3.56. The summed E-state index contributed by atoms with van der Waals surface area (Å²) in [5, 5.41) is 6.92. The van der Waals surface area contributed by atoms with Gasteiger partial charge < -0.3 is 15.5 Å². The van der Waals surface area contributed by atoms with Crippen molar-refractivity contribution in [2.45, 2.75) is 20.4 Å². The Bertz CT molecular complexity index is 1200. The average molecular weight is 477 g/mol. The zero-order valence-corrected chi connectivity index (χ0v) is 20.2. The van der Waals surface area contributed by atoms with Crippen molar-refractivity contribution in [3.8, 4) is 11.3 Å². The van der Waals surface area contributed by atoms with E-state index in [2.05, 4.69) is 33.2 Å². The lowest BCUT2D eigenvalue weighted by atomic mass is 10.1. The Morgan fingerprint density at radius 3 is 2.65 bits per heavy atom. The van der Waals surface area contributed by atoms with Crippen LogP contribution in [0.5, 0.6) is 0 Å². The van der Waals surface area contributed by atoms with E-state index >= 15 is 0 Å². The molecule has 9 heteroatoms. The number of carbonyl (C=O) groups is 2. The smallest absolute Gasteiger partial charge is 0.247 e. The van der Waals surface area contributed by atoms with Gasteiger partial charge in [0.2, 0.25) is 11.8 Å². The van der Waals surface area contributed by atoms with E-state index < -0.39 is 0 Å². The first-order chi connectivity index (χ1) is 16.4. The van der Waals surface area contributed by atoms with E-state index in [0.717, 1.165) is 59.6 Å². The van der Waals surface area contributed by atoms with Gasteiger partial charge in [-0.25, -0.2) is 9.97 Å². The number of amides is 2. The van der Waals surface area contributed by atoms with Gasteiger partial charge >= 0.3 is 0 Å². The maximum absolute atomic E-state index is 11.7. The summed E-state index contributed by atoms with van der Waals surface area (Å²) < 4.78 is 0. The molecule has 1 aromatic carbocycles. The van der Waals surface area contributed by atoms with Crippen LogP contribution in [0.3, 0.4) is 0 Å². The van der Waals surface area contributed by atoms with E-state index in [1.807, 2.05) is 48.4 Å². The summed E-state index contributed by atoms with van der Waals surface area (Å²) in [4.78, 5) is 38.0. The molecular weight excluding hydrogens is 448 g/mol. The van der Waals surface area contributed by atoms with Crippen molar-refractivity contribution in [3.05, 3.63) is 65.7 Å². The highest BCUT2D eigenvalue weighted by Gasteiger charge is 2.19. The summed E-state index contributed by atoms with van der Waals surface area (Å²) in [6, 6.07) is 11.7. The summed E-state index contributed by atoms with van der Waals surface area (Å²) in [5.41, 5.74) is 3.48. The number of nitrogens with zero attached hydrogens (tertiary/aromatic N) is 4. The number of thiazole rings is 1. The number of aromatic nitrogens is 2. The SMILES string of the molecule is C=CC(=O)Nc1cccc(-c2cc(CN3CCN(C(C)=O)CC3)cc(Nc3ncc(C)s3)n2)c1.